The fourth-order valence-electron chi connectivity index (χ4n) is 7.40. The third kappa shape index (κ3) is 12.1. The number of nitrogens with zero attached hydrogens (tertiary/aromatic N) is 3. The van der Waals surface area contributed by atoms with Crippen LogP contribution in [0, 0.1) is 0 Å². The SMILES string of the molecule is COC(=O)C1O[C@@H](O)C(OCc2ccccc2)[C@@H](OCc2ccccc2)[C@@H]1O[C@@H]1OC(COC(=O)c2ccccc2)[C@@H](OCc2ccccc2)[C@H](OCc2ccccc2)C1N=[N+]=[N-]. The van der Waals surface area contributed by atoms with Gasteiger partial charge in [0.2, 0.25) is 0 Å². The van der Waals surface area contributed by atoms with Crippen molar-refractivity contribution in [1.29, 1.82) is 0 Å². The Labute approximate surface area is 364 Å². The molecule has 5 aromatic carbocycles. The zero-order valence-electron chi connectivity index (χ0n) is 34.5. The van der Waals surface area contributed by atoms with Crippen LogP contribution in [0.25, 0.3) is 10.4 Å². The van der Waals surface area contributed by atoms with Crippen LogP contribution in [0.1, 0.15) is 32.6 Å². The van der Waals surface area contributed by atoms with E-state index in [1.54, 1.807) is 30.3 Å². The van der Waals surface area contributed by atoms with Crippen molar-refractivity contribution in [1.82, 2.24) is 0 Å². The number of hydrogen-bond acceptors (Lipinski definition) is 13. The van der Waals surface area contributed by atoms with Crippen LogP contribution in [0.3, 0.4) is 0 Å². The predicted molar refractivity (Wildman–Crippen MR) is 226 cm³/mol. The average molecular weight is 860 g/mol. The molecule has 4 unspecified atom stereocenters. The van der Waals surface area contributed by atoms with Crippen molar-refractivity contribution in [3.05, 3.63) is 190 Å². The standard InChI is InChI=1S/C48H49N3O12/c1-55-46(53)44-42(41(58-29-34-21-11-4-12-22-34)43(47(54)62-44)59-30-35-23-13-5-14-24-35)63-48-38(50-51-49)40(57-28-33-19-9-3-10-20-33)39(56-27-32-17-7-2-8-18-32)37(61-48)31-60-45(52)36-25-15-6-16-26-36/h2-26,37-44,47-48,54H,27-31H2,1H3/t37?,38?,39-,40-,41+,42+,43?,44?,47-,48+/m1/s1. The number of hydrogen-bond donors (Lipinski definition) is 1. The van der Waals surface area contributed by atoms with Gasteiger partial charge in [0.1, 0.15) is 49.3 Å². The second-order valence-electron chi connectivity index (χ2n) is 14.8. The fourth-order valence-corrected chi connectivity index (χ4v) is 7.40. The van der Waals surface area contributed by atoms with Crippen molar-refractivity contribution in [3.8, 4) is 0 Å². The molecule has 0 radical (unpaired) electrons. The molecule has 0 bridgehead atoms. The number of esters is 2. The number of aliphatic hydroxyl groups excluding tert-OH is 1. The number of methoxy groups -OCH3 is 1. The molecule has 0 aromatic heterocycles. The van der Waals surface area contributed by atoms with Gasteiger partial charge in [-0.1, -0.05) is 145 Å². The molecule has 10 atom stereocenters. The van der Waals surface area contributed by atoms with Gasteiger partial charge in [0.15, 0.2) is 18.7 Å². The van der Waals surface area contributed by atoms with Crippen LogP contribution in [-0.4, -0.2) is 92.1 Å². The predicted octanol–water partition coefficient (Wildman–Crippen LogP) is 6.86. The lowest BCUT2D eigenvalue weighted by atomic mass is 9.95. The van der Waals surface area contributed by atoms with E-state index in [-0.39, 0.29) is 33.0 Å². The van der Waals surface area contributed by atoms with E-state index in [1.165, 1.54) is 7.11 Å². The van der Waals surface area contributed by atoms with Crippen LogP contribution in [0.2, 0.25) is 0 Å². The molecule has 0 amide bonds. The molecule has 7 rings (SSSR count). The number of carbonyl (C=O) groups is 2. The van der Waals surface area contributed by atoms with Gasteiger partial charge in [-0.25, -0.2) is 9.59 Å². The second kappa shape index (κ2) is 22.9. The summed E-state index contributed by atoms with van der Waals surface area (Å²) in [5.74, 6) is -1.51. The summed E-state index contributed by atoms with van der Waals surface area (Å²) >= 11 is 0. The summed E-state index contributed by atoms with van der Waals surface area (Å²) in [5.41, 5.74) is 13.6. The van der Waals surface area contributed by atoms with Crippen LogP contribution < -0.4 is 0 Å². The van der Waals surface area contributed by atoms with Crippen molar-refractivity contribution in [2.45, 2.75) is 87.8 Å². The first-order valence-corrected chi connectivity index (χ1v) is 20.5. The molecule has 0 saturated carbocycles. The van der Waals surface area contributed by atoms with Crippen molar-refractivity contribution in [2.24, 2.45) is 5.11 Å². The van der Waals surface area contributed by atoms with Crippen molar-refractivity contribution >= 4 is 11.9 Å². The van der Waals surface area contributed by atoms with E-state index in [9.17, 15) is 20.2 Å². The van der Waals surface area contributed by atoms with Gasteiger partial charge in [0.05, 0.1) is 39.1 Å². The molecule has 15 nitrogen and oxygen atoms in total. The fraction of sp³-hybridized carbons (Fsp3) is 0.333. The molecule has 2 saturated heterocycles. The first kappa shape index (κ1) is 45.1. The Balaban J connectivity index is 1.26. The highest BCUT2D eigenvalue weighted by Crippen LogP contribution is 2.36. The van der Waals surface area contributed by atoms with Crippen LogP contribution >= 0.6 is 0 Å². The van der Waals surface area contributed by atoms with Crippen LogP contribution in [0.5, 0.6) is 0 Å². The lowest BCUT2D eigenvalue weighted by Gasteiger charge is -2.48. The maximum absolute atomic E-state index is 13.6. The van der Waals surface area contributed by atoms with E-state index in [2.05, 4.69) is 10.0 Å². The number of carbonyl (C=O) groups excluding carboxylic acids is 2. The first-order valence-electron chi connectivity index (χ1n) is 20.5. The summed E-state index contributed by atoms with van der Waals surface area (Å²) in [4.78, 5) is 30.1. The van der Waals surface area contributed by atoms with E-state index < -0.39 is 73.3 Å². The molecular formula is C48H49N3O12. The van der Waals surface area contributed by atoms with Crippen molar-refractivity contribution in [3.63, 3.8) is 0 Å². The number of azide groups is 1. The second-order valence-corrected chi connectivity index (χ2v) is 14.8. The van der Waals surface area contributed by atoms with E-state index in [0.29, 0.717) is 5.56 Å². The highest BCUT2D eigenvalue weighted by atomic mass is 16.7. The lowest BCUT2D eigenvalue weighted by Crippen LogP contribution is -2.66. The van der Waals surface area contributed by atoms with Crippen LogP contribution in [0.4, 0.5) is 0 Å². The Kier molecular flexibility index (Phi) is 16.4. The van der Waals surface area contributed by atoms with Gasteiger partial charge in [-0.3, -0.25) is 0 Å². The third-order valence-electron chi connectivity index (χ3n) is 10.6. The monoisotopic (exact) mass is 859 g/mol. The van der Waals surface area contributed by atoms with Gasteiger partial charge in [0, 0.05) is 4.91 Å². The summed E-state index contributed by atoms with van der Waals surface area (Å²) in [5, 5.41) is 15.6. The molecule has 63 heavy (non-hydrogen) atoms. The van der Waals surface area contributed by atoms with Gasteiger partial charge in [0.25, 0.3) is 0 Å². The molecule has 15 heteroatoms. The number of rotatable bonds is 19. The maximum Gasteiger partial charge on any atom is 0.338 e. The summed E-state index contributed by atoms with van der Waals surface area (Å²) < 4.78 is 56.4. The first-order chi connectivity index (χ1) is 30.9. The molecule has 0 aliphatic carbocycles. The van der Waals surface area contributed by atoms with E-state index in [4.69, 9.17) is 42.6 Å². The summed E-state index contributed by atoms with van der Waals surface area (Å²) in [6.45, 7) is -0.152. The van der Waals surface area contributed by atoms with Crippen molar-refractivity contribution < 1.29 is 57.3 Å². The van der Waals surface area contributed by atoms with Crippen molar-refractivity contribution in [2.75, 3.05) is 13.7 Å². The van der Waals surface area contributed by atoms with Gasteiger partial charge in [-0.2, -0.15) is 0 Å². The summed E-state index contributed by atoms with van der Waals surface area (Å²) in [6.07, 6.45) is -11.9. The summed E-state index contributed by atoms with van der Waals surface area (Å²) in [6, 6.07) is 44.5. The molecular weight excluding hydrogens is 811 g/mol. The number of benzene rings is 5. The van der Waals surface area contributed by atoms with Gasteiger partial charge in [-0.15, -0.1) is 0 Å². The highest BCUT2D eigenvalue weighted by Gasteiger charge is 2.55. The molecule has 2 aliphatic rings. The van der Waals surface area contributed by atoms with Crippen LogP contribution in [0.15, 0.2) is 157 Å². The molecule has 328 valence electrons. The van der Waals surface area contributed by atoms with E-state index in [1.807, 2.05) is 121 Å². The smallest absolute Gasteiger partial charge is 0.338 e. The highest BCUT2D eigenvalue weighted by molar-refractivity contribution is 5.89. The number of aliphatic hydroxyl groups is 1. The largest absolute Gasteiger partial charge is 0.467 e. The topological polar surface area (TPSA) is 186 Å². The zero-order valence-corrected chi connectivity index (χ0v) is 34.5. The van der Waals surface area contributed by atoms with Crippen LogP contribution in [-0.2, 0) is 73.9 Å². The minimum Gasteiger partial charge on any atom is -0.467 e. The normalized spacial score (nSPS) is 25.6. The van der Waals surface area contributed by atoms with E-state index >= 15 is 0 Å². The molecule has 2 aliphatic heterocycles. The Morgan fingerprint density at radius 2 is 1.05 bits per heavy atom. The Hall–Kier alpha value is -5.97. The molecule has 0 spiro atoms. The quantitative estimate of drug-likeness (QED) is 0.0394. The minimum atomic E-state index is -1.68. The minimum absolute atomic E-state index is 0.0127. The third-order valence-corrected chi connectivity index (χ3v) is 10.6. The van der Waals surface area contributed by atoms with Gasteiger partial charge < -0.3 is 47.7 Å². The molecule has 2 fully saturated rings. The maximum atomic E-state index is 13.6. The Bertz CT molecular complexity index is 2200. The average Bonchev–Trinajstić information content (AvgIpc) is 3.33. The summed E-state index contributed by atoms with van der Waals surface area (Å²) in [7, 11) is 1.17. The Morgan fingerprint density at radius 1 is 0.603 bits per heavy atom. The van der Waals surface area contributed by atoms with Gasteiger partial charge in [-0.05, 0) is 39.9 Å². The Morgan fingerprint density at radius 3 is 1.52 bits per heavy atom. The van der Waals surface area contributed by atoms with E-state index in [0.717, 1.165) is 22.3 Å². The molecule has 1 N–H and O–H groups in total. The number of ether oxygens (including phenoxy) is 9. The zero-order chi connectivity index (χ0) is 43.8. The lowest BCUT2D eigenvalue weighted by molar-refractivity contribution is -0.348. The molecule has 2 heterocycles. The van der Waals surface area contributed by atoms with Gasteiger partial charge >= 0.3 is 11.9 Å². The molecule has 5 aromatic rings.